The van der Waals surface area contributed by atoms with Crippen molar-refractivity contribution < 1.29 is 38.2 Å². The Morgan fingerprint density at radius 1 is 0.600 bits per heavy atom. The van der Waals surface area contributed by atoms with Gasteiger partial charge in [-0.1, -0.05) is 85.0 Å². The zero-order chi connectivity index (χ0) is 48.1. The fourth-order valence-electron chi connectivity index (χ4n) is 8.61. The number of likely N-dealkylation sites (tertiary alicyclic amines) is 1. The van der Waals surface area contributed by atoms with Gasteiger partial charge >= 0.3 is 0 Å². The van der Waals surface area contributed by atoms with E-state index in [1.807, 2.05) is 34.6 Å². The van der Waals surface area contributed by atoms with Crippen molar-refractivity contribution in [3.63, 3.8) is 0 Å². The summed E-state index contributed by atoms with van der Waals surface area (Å²) in [5, 5.41) is 20.8. The maximum atomic E-state index is 14.0. The zero-order valence-electron chi connectivity index (χ0n) is 41.1. The molecule has 16 nitrogen and oxygen atoms in total. The van der Waals surface area contributed by atoms with Crippen molar-refractivity contribution >= 4 is 35.4 Å². The summed E-state index contributed by atoms with van der Waals surface area (Å²) in [6.45, 7) is 16.0. The number of nitrogens with zero attached hydrogens (tertiary/aromatic N) is 1. The standard InChI is InChI=1S/C49H82N8O8/c1-32(2)38(53-45(60)35(5)52-47(62)41(37-24-17-14-18-25-37)55-43(58)33(3)50-9)30-64-28-19-11-12-20-29-65-31-39(36-22-15-13-16-23-36)54-46(61)40-26-21-27-57(40)48(63)42(49(6,7)8)56-44(59)34(4)51-10/h32-42,50-51H,13-18,21-31H2,1-10H3,(H,52,62)(H,53,60)(H,54,61)(H,55,58)(H,56,59)/t33-,34+,35-,38-,39?,40?,41-,42-/m1/s1. The van der Waals surface area contributed by atoms with Crippen LogP contribution in [0.25, 0.3) is 0 Å². The number of hydrogen-bond acceptors (Lipinski definition) is 10. The SMILES string of the molecule is CN[C@@H](C)C(=O)N[C@H](C(=O)N1CCCC1C(=O)NC(COCC#CC#CCOC[C@@H](NC(=O)[C@@H](C)NC(=O)[C@H](NC(=O)[C@@H](C)NC)C1CCCCC1)C(C)C)C1CCCCC1)C(C)(C)C. The van der Waals surface area contributed by atoms with E-state index < -0.39 is 41.7 Å². The highest BCUT2D eigenvalue weighted by Gasteiger charge is 2.43. The monoisotopic (exact) mass is 911 g/mol. The third kappa shape index (κ3) is 18.2. The van der Waals surface area contributed by atoms with Crippen LogP contribution in [0.2, 0.25) is 0 Å². The van der Waals surface area contributed by atoms with Crippen molar-refractivity contribution in [1.29, 1.82) is 0 Å². The van der Waals surface area contributed by atoms with Crippen molar-refractivity contribution in [3.05, 3.63) is 0 Å². The number of nitrogens with one attached hydrogen (secondary N) is 7. The maximum absolute atomic E-state index is 14.0. The summed E-state index contributed by atoms with van der Waals surface area (Å²) >= 11 is 0. The minimum absolute atomic E-state index is 0.0124. The van der Waals surface area contributed by atoms with E-state index in [4.69, 9.17) is 9.47 Å². The Morgan fingerprint density at radius 3 is 1.66 bits per heavy atom. The highest BCUT2D eigenvalue weighted by molar-refractivity contribution is 5.94. The molecule has 0 aromatic carbocycles. The molecule has 65 heavy (non-hydrogen) atoms. The molecule has 3 fully saturated rings. The average molecular weight is 911 g/mol. The molecule has 2 unspecified atom stereocenters. The summed E-state index contributed by atoms with van der Waals surface area (Å²) in [4.78, 5) is 81.7. The smallest absolute Gasteiger partial charge is 0.246 e. The Hall–Kier alpha value is -4.22. The van der Waals surface area contributed by atoms with Crippen LogP contribution < -0.4 is 37.2 Å². The van der Waals surface area contributed by atoms with Crippen molar-refractivity contribution in [3.8, 4) is 23.7 Å². The van der Waals surface area contributed by atoms with Gasteiger partial charge in [-0.2, -0.15) is 0 Å². The molecule has 7 N–H and O–H groups in total. The summed E-state index contributed by atoms with van der Waals surface area (Å²) in [6.07, 6.45) is 11.3. The van der Waals surface area contributed by atoms with Crippen molar-refractivity contribution in [2.24, 2.45) is 23.2 Å². The van der Waals surface area contributed by atoms with Gasteiger partial charge in [-0.15, -0.1) is 0 Å². The second-order valence-electron chi connectivity index (χ2n) is 19.6. The van der Waals surface area contributed by atoms with E-state index in [2.05, 4.69) is 60.9 Å². The summed E-state index contributed by atoms with van der Waals surface area (Å²) in [7, 11) is 3.39. The second kappa shape index (κ2) is 28.1. The van der Waals surface area contributed by atoms with Gasteiger partial charge in [0.05, 0.1) is 37.4 Å². The first-order valence-corrected chi connectivity index (χ1v) is 24.2. The van der Waals surface area contributed by atoms with Crippen LogP contribution in [0, 0.1) is 46.9 Å². The van der Waals surface area contributed by atoms with Crippen LogP contribution in [-0.4, -0.2) is 136 Å². The molecule has 1 heterocycles. The predicted molar refractivity (Wildman–Crippen MR) is 252 cm³/mol. The van der Waals surface area contributed by atoms with Crippen LogP contribution in [0.3, 0.4) is 0 Å². The molecule has 8 atom stereocenters. The Kier molecular flexibility index (Phi) is 23.8. The van der Waals surface area contributed by atoms with E-state index >= 15 is 0 Å². The first-order chi connectivity index (χ1) is 30.9. The third-order valence-electron chi connectivity index (χ3n) is 13.2. The molecule has 0 bridgehead atoms. The number of carbonyl (C=O) groups excluding carboxylic acids is 6. The Balaban J connectivity index is 1.49. The van der Waals surface area contributed by atoms with E-state index in [0.717, 1.165) is 64.2 Å². The molecule has 1 aliphatic heterocycles. The summed E-state index contributed by atoms with van der Waals surface area (Å²) in [6, 6.07) is -4.44. The summed E-state index contributed by atoms with van der Waals surface area (Å²) in [5.41, 5.74) is -0.564. The lowest BCUT2D eigenvalue weighted by atomic mass is 9.83. The minimum atomic E-state index is -0.825. The van der Waals surface area contributed by atoms with Crippen LogP contribution in [0.4, 0.5) is 0 Å². The molecule has 16 heteroatoms. The van der Waals surface area contributed by atoms with E-state index in [-0.39, 0.29) is 91.7 Å². The first kappa shape index (κ1) is 55.1. The minimum Gasteiger partial charge on any atom is -0.367 e. The number of rotatable bonds is 22. The van der Waals surface area contributed by atoms with Gasteiger partial charge in [0, 0.05) is 6.54 Å². The van der Waals surface area contributed by atoms with Gasteiger partial charge in [0.1, 0.15) is 37.4 Å². The van der Waals surface area contributed by atoms with Gasteiger partial charge in [0.15, 0.2) is 0 Å². The molecule has 0 spiro atoms. The lowest BCUT2D eigenvalue weighted by Gasteiger charge is -2.37. The molecule has 3 rings (SSSR count). The van der Waals surface area contributed by atoms with Crippen molar-refractivity contribution in [2.75, 3.05) is 47.1 Å². The van der Waals surface area contributed by atoms with E-state index in [9.17, 15) is 28.8 Å². The Labute approximate surface area is 389 Å². The largest absolute Gasteiger partial charge is 0.367 e. The fourth-order valence-corrected chi connectivity index (χ4v) is 8.61. The predicted octanol–water partition coefficient (Wildman–Crippen LogP) is 2.54. The fraction of sp³-hybridized carbons (Fsp3) is 0.796. The molecule has 1 saturated heterocycles. The Bertz CT molecular complexity index is 1680. The first-order valence-electron chi connectivity index (χ1n) is 24.2. The highest BCUT2D eigenvalue weighted by Crippen LogP contribution is 2.30. The summed E-state index contributed by atoms with van der Waals surface area (Å²) in [5.74, 6) is 10.0. The second-order valence-corrected chi connectivity index (χ2v) is 19.6. The molecular formula is C49H82N8O8. The van der Waals surface area contributed by atoms with Gasteiger partial charge in [-0.3, -0.25) is 28.8 Å². The van der Waals surface area contributed by atoms with Crippen molar-refractivity contribution in [2.45, 2.75) is 181 Å². The summed E-state index contributed by atoms with van der Waals surface area (Å²) < 4.78 is 11.8. The number of carbonyl (C=O) groups is 6. The molecule has 2 aliphatic carbocycles. The molecule has 3 aliphatic rings. The van der Waals surface area contributed by atoms with Gasteiger partial charge in [-0.05, 0) is 108 Å². The van der Waals surface area contributed by atoms with Crippen LogP contribution in [0.15, 0.2) is 0 Å². The van der Waals surface area contributed by atoms with E-state index in [1.54, 1.807) is 39.8 Å². The number of likely N-dealkylation sites (N-methyl/N-ethyl adjacent to an activating group) is 2. The van der Waals surface area contributed by atoms with Gasteiger partial charge in [-0.25, -0.2) is 0 Å². The molecule has 366 valence electrons. The van der Waals surface area contributed by atoms with Crippen LogP contribution in [0.5, 0.6) is 0 Å². The van der Waals surface area contributed by atoms with Crippen LogP contribution >= 0.6 is 0 Å². The molecular weight excluding hydrogens is 829 g/mol. The lowest BCUT2D eigenvalue weighted by Crippen LogP contribution is -2.60. The van der Waals surface area contributed by atoms with Crippen LogP contribution in [0.1, 0.15) is 132 Å². The maximum Gasteiger partial charge on any atom is 0.246 e. The molecule has 6 amide bonds. The third-order valence-corrected chi connectivity index (χ3v) is 13.2. The topological polar surface area (TPSA) is 208 Å². The zero-order valence-corrected chi connectivity index (χ0v) is 41.1. The highest BCUT2D eigenvalue weighted by atomic mass is 16.5. The number of ether oxygens (including phenoxy) is 2. The normalized spacial score (nSPS) is 20.3. The van der Waals surface area contributed by atoms with E-state index in [0.29, 0.717) is 19.4 Å². The molecule has 0 aromatic heterocycles. The molecule has 0 radical (unpaired) electrons. The van der Waals surface area contributed by atoms with Gasteiger partial charge < -0.3 is 51.6 Å². The van der Waals surface area contributed by atoms with Gasteiger partial charge in [0.2, 0.25) is 35.4 Å². The quantitative estimate of drug-likeness (QED) is 0.0624. The average Bonchev–Trinajstić information content (AvgIpc) is 3.79. The molecule has 2 saturated carbocycles. The Morgan fingerprint density at radius 2 is 1.12 bits per heavy atom. The van der Waals surface area contributed by atoms with Gasteiger partial charge in [0.25, 0.3) is 0 Å². The number of hydrogen-bond donors (Lipinski definition) is 7. The number of amides is 6. The molecule has 0 aromatic rings. The van der Waals surface area contributed by atoms with Crippen molar-refractivity contribution in [1.82, 2.24) is 42.1 Å². The van der Waals surface area contributed by atoms with Crippen LogP contribution in [-0.2, 0) is 38.2 Å². The lowest BCUT2D eigenvalue weighted by molar-refractivity contribution is -0.144. The van der Waals surface area contributed by atoms with E-state index in [1.165, 1.54) is 0 Å².